The maximum absolute atomic E-state index is 12.0. The number of carbonyl (C=O) groups is 1. The monoisotopic (exact) mass is 290 g/mol. The van der Waals surface area contributed by atoms with E-state index >= 15 is 0 Å². The summed E-state index contributed by atoms with van der Waals surface area (Å²) in [5.74, 6) is 0.696. The molecule has 22 heavy (non-hydrogen) atoms. The van der Waals surface area contributed by atoms with Gasteiger partial charge in [-0.3, -0.25) is 4.79 Å². The number of aromatic nitrogens is 2. The molecule has 0 aliphatic heterocycles. The van der Waals surface area contributed by atoms with E-state index < -0.39 is 0 Å². The highest BCUT2D eigenvalue weighted by molar-refractivity contribution is 5.94. The van der Waals surface area contributed by atoms with Crippen LogP contribution in [0.4, 0.5) is 0 Å². The Kier molecular flexibility index (Phi) is 3.84. The highest BCUT2D eigenvalue weighted by atomic mass is 16.1. The molecule has 0 saturated heterocycles. The number of benzene rings is 2. The summed E-state index contributed by atoms with van der Waals surface area (Å²) in [7, 11) is 0. The third-order valence-corrected chi connectivity index (χ3v) is 3.36. The van der Waals surface area contributed by atoms with E-state index in [0.717, 1.165) is 16.9 Å². The Morgan fingerprint density at radius 3 is 2.68 bits per heavy atom. The van der Waals surface area contributed by atoms with Gasteiger partial charge in [0.25, 0.3) is 5.91 Å². The molecule has 1 aromatic heterocycles. The normalized spacial score (nSPS) is 10.3. The van der Waals surface area contributed by atoms with Crippen molar-refractivity contribution in [1.29, 1.82) is 5.26 Å². The van der Waals surface area contributed by atoms with Gasteiger partial charge in [-0.05, 0) is 36.4 Å². The first-order chi connectivity index (χ1) is 10.8. The Labute approximate surface area is 127 Å². The lowest BCUT2D eigenvalue weighted by Gasteiger charge is -2.04. The summed E-state index contributed by atoms with van der Waals surface area (Å²) in [5.41, 5.74) is 3.01. The second-order valence-corrected chi connectivity index (χ2v) is 4.90. The summed E-state index contributed by atoms with van der Waals surface area (Å²) in [6.07, 6.45) is 0.636. The molecule has 3 aromatic rings. The van der Waals surface area contributed by atoms with E-state index in [0.29, 0.717) is 24.1 Å². The van der Waals surface area contributed by atoms with Gasteiger partial charge in [-0.2, -0.15) is 5.26 Å². The number of imidazole rings is 1. The lowest BCUT2D eigenvalue weighted by Crippen LogP contribution is -2.25. The second kappa shape index (κ2) is 6.10. The molecule has 5 nitrogen and oxygen atoms in total. The van der Waals surface area contributed by atoms with Gasteiger partial charge in [0, 0.05) is 18.5 Å². The third kappa shape index (κ3) is 2.96. The molecule has 108 valence electrons. The van der Waals surface area contributed by atoms with Crippen LogP contribution in [0.15, 0.2) is 48.5 Å². The van der Waals surface area contributed by atoms with E-state index in [1.54, 1.807) is 24.3 Å². The molecule has 0 spiro atoms. The second-order valence-electron chi connectivity index (χ2n) is 4.90. The van der Waals surface area contributed by atoms with Crippen LogP contribution in [-0.4, -0.2) is 22.4 Å². The molecule has 0 aliphatic carbocycles. The summed E-state index contributed by atoms with van der Waals surface area (Å²) >= 11 is 0. The standard InChI is InChI=1S/C17H14N4O/c18-11-12-5-7-13(8-6-12)17(22)19-10-9-16-20-14-3-1-2-4-15(14)21-16/h1-8H,9-10H2,(H,19,22)(H,20,21). The molecule has 2 N–H and O–H groups in total. The molecule has 0 radical (unpaired) electrons. The molecular formula is C17H14N4O. The number of rotatable bonds is 4. The Bertz CT molecular complexity index is 810. The minimum atomic E-state index is -0.152. The van der Waals surface area contributed by atoms with Crippen LogP contribution in [0.1, 0.15) is 21.7 Å². The van der Waals surface area contributed by atoms with Crippen molar-refractivity contribution in [2.75, 3.05) is 6.54 Å². The van der Waals surface area contributed by atoms with Crippen LogP contribution in [0.3, 0.4) is 0 Å². The third-order valence-electron chi connectivity index (χ3n) is 3.36. The van der Waals surface area contributed by atoms with Crippen molar-refractivity contribution >= 4 is 16.9 Å². The first kappa shape index (κ1) is 13.8. The Morgan fingerprint density at radius 2 is 1.95 bits per heavy atom. The van der Waals surface area contributed by atoms with E-state index in [9.17, 15) is 4.79 Å². The van der Waals surface area contributed by atoms with Gasteiger partial charge in [-0.1, -0.05) is 12.1 Å². The highest BCUT2D eigenvalue weighted by Crippen LogP contribution is 2.10. The SMILES string of the molecule is N#Cc1ccc(C(=O)NCCc2nc3ccccc3[nH]2)cc1. The van der Waals surface area contributed by atoms with Crippen molar-refractivity contribution < 1.29 is 4.79 Å². The smallest absolute Gasteiger partial charge is 0.251 e. The predicted octanol–water partition coefficient (Wildman–Crippen LogP) is 2.41. The van der Waals surface area contributed by atoms with E-state index in [1.807, 2.05) is 30.3 Å². The molecular weight excluding hydrogens is 276 g/mol. The number of H-pyrrole nitrogens is 1. The molecule has 0 aliphatic rings. The summed E-state index contributed by atoms with van der Waals surface area (Å²) in [6, 6.07) is 16.4. The summed E-state index contributed by atoms with van der Waals surface area (Å²) in [5, 5.41) is 11.6. The van der Waals surface area contributed by atoms with Crippen LogP contribution in [0.5, 0.6) is 0 Å². The van der Waals surface area contributed by atoms with Gasteiger partial charge in [0.05, 0.1) is 22.7 Å². The molecule has 0 unspecified atom stereocenters. The number of carbonyl (C=O) groups excluding carboxylic acids is 1. The molecule has 1 heterocycles. The van der Waals surface area contributed by atoms with Gasteiger partial charge >= 0.3 is 0 Å². The van der Waals surface area contributed by atoms with Crippen molar-refractivity contribution in [3.63, 3.8) is 0 Å². The quantitative estimate of drug-likeness (QED) is 0.774. The number of nitrogens with one attached hydrogen (secondary N) is 2. The lowest BCUT2D eigenvalue weighted by atomic mass is 10.1. The number of hydrogen-bond donors (Lipinski definition) is 2. The molecule has 0 fully saturated rings. The molecule has 2 aromatic carbocycles. The molecule has 0 bridgehead atoms. The van der Waals surface area contributed by atoms with E-state index in [-0.39, 0.29) is 5.91 Å². The van der Waals surface area contributed by atoms with Crippen molar-refractivity contribution in [2.45, 2.75) is 6.42 Å². The van der Waals surface area contributed by atoms with Crippen molar-refractivity contribution in [3.8, 4) is 6.07 Å². The minimum absolute atomic E-state index is 0.152. The Balaban J connectivity index is 1.57. The van der Waals surface area contributed by atoms with Crippen molar-refractivity contribution in [2.24, 2.45) is 0 Å². The topological polar surface area (TPSA) is 81.6 Å². The number of fused-ring (bicyclic) bond motifs is 1. The number of amides is 1. The van der Waals surface area contributed by atoms with Crippen LogP contribution in [0.2, 0.25) is 0 Å². The summed E-state index contributed by atoms with van der Waals surface area (Å²) in [6.45, 7) is 0.499. The van der Waals surface area contributed by atoms with Gasteiger partial charge in [-0.25, -0.2) is 4.98 Å². The van der Waals surface area contributed by atoms with Crippen LogP contribution in [-0.2, 0) is 6.42 Å². The van der Waals surface area contributed by atoms with Gasteiger partial charge < -0.3 is 10.3 Å². The number of aromatic amines is 1. The summed E-state index contributed by atoms with van der Waals surface area (Å²) < 4.78 is 0. The van der Waals surface area contributed by atoms with Gasteiger partial charge in [-0.15, -0.1) is 0 Å². The number of para-hydroxylation sites is 2. The number of nitriles is 1. The number of nitrogens with zero attached hydrogens (tertiary/aromatic N) is 2. The van der Waals surface area contributed by atoms with Crippen molar-refractivity contribution in [1.82, 2.24) is 15.3 Å². The molecule has 3 rings (SSSR count). The Morgan fingerprint density at radius 1 is 1.18 bits per heavy atom. The number of hydrogen-bond acceptors (Lipinski definition) is 3. The van der Waals surface area contributed by atoms with Gasteiger partial charge in [0.1, 0.15) is 5.82 Å². The van der Waals surface area contributed by atoms with Crippen LogP contribution in [0.25, 0.3) is 11.0 Å². The fraction of sp³-hybridized carbons (Fsp3) is 0.118. The predicted molar refractivity (Wildman–Crippen MR) is 83.3 cm³/mol. The maximum Gasteiger partial charge on any atom is 0.251 e. The molecule has 0 atom stereocenters. The minimum Gasteiger partial charge on any atom is -0.352 e. The molecule has 1 amide bonds. The van der Waals surface area contributed by atoms with Crippen LogP contribution < -0.4 is 5.32 Å². The first-order valence-corrected chi connectivity index (χ1v) is 6.98. The Hall–Kier alpha value is -3.13. The molecule has 0 saturated carbocycles. The zero-order chi connectivity index (χ0) is 15.4. The van der Waals surface area contributed by atoms with Gasteiger partial charge in [0.2, 0.25) is 0 Å². The van der Waals surface area contributed by atoms with Crippen molar-refractivity contribution in [3.05, 3.63) is 65.5 Å². The summed E-state index contributed by atoms with van der Waals surface area (Å²) in [4.78, 5) is 19.7. The maximum atomic E-state index is 12.0. The fourth-order valence-corrected chi connectivity index (χ4v) is 2.22. The van der Waals surface area contributed by atoms with E-state index in [4.69, 9.17) is 5.26 Å². The van der Waals surface area contributed by atoms with E-state index in [2.05, 4.69) is 15.3 Å². The van der Waals surface area contributed by atoms with Gasteiger partial charge in [0.15, 0.2) is 0 Å². The molecule has 5 heteroatoms. The zero-order valence-corrected chi connectivity index (χ0v) is 11.8. The average molecular weight is 290 g/mol. The first-order valence-electron chi connectivity index (χ1n) is 6.98. The zero-order valence-electron chi connectivity index (χ0n) is 11.8. The lowest BCUT2D eigenvalue weighted by molar-refractivity contribution is 0.0954. The fourth-order valence-electron chi connectivity index (χ4n) is 2.22. The highest BCUT2D eigenvalue weighted by Gasteiger charge is 2.06. The van der Waals surface area contributed by atoms with Crippen LogP contribution >= 0.6 is 0 Å². The largest absolute Gasteiger partial charge is 0.352 e. The van der Waals surface area contributed by atoms with E-state index in [1.165, 1.54) is 0 Å². The average Bonchev–Trinajstić information content (AvgIpc) is 2.97. The van der Waals surface area contributed by atoms with Crippen LogP contribution in [0, 0.1) is 11.3 Å².